The summed E-state index contributed by atoms with van der Waals surface area (Å²) in [5, 5.41) is 0. The first-order valence-electron chi connectivity index (χ1n) is 4.81. The summed E-state index contributed by atoms with van der Waals surface area (Å²) in [7, 11) is 0. The molecule has 0 aromatic rings. The van der Waals surface area contributed by atoms with Crippen molar-refractivity contribution < 1.29 is 19.1 Å². The summed E-state index contributed by atoms with van der Waals surface area (Å²) in [6.07, 6.45) is -0.211. The predicted molar refractivity (Wildman–Crippen MR) is 49.8 cm³/mol. The highest BCUT2D eigenvalue weighted by Gasteiger charge is 2.37. The first-order valence-corrected chi connectivity index (χ1v) is 4.81. The number of carbonyl (C=O) groups excluding carboxylic acids is 2. The number of ketones is 1. The van der Waals surface area contributed by atoms with E-state index in [1.165, 1.54) is 0 Å². The lowest BCUT2D eigenvalue weighted by Crippen LogP contribution is -2.44. The highest BCUT2D eigenvalue weighted by molar-refractivity contribution is 5.87. The van der Waals surface area contributed by atoms with Crippen molar-refractivity contribution in [2.75, 3.05) is 6.61 Å². The van der Waals surface area contributed by atoms with Gasteiger partial charge in [0.05, 0.1) is 12.2 Å². The molecule has 1 rings (SSSR count). The van der Waals surface area contributed by atoms with Crippen molar-refractivity contribution in [3.8, 4) is 0 Å². The lowest BCUT2D eigenvalue weighted by Gasteiger charge is -2.33. The fourth-order valence-electron chi connectivity index (χ4n) is 1.59. The molecule has 1 heterocycles. The lowest BCUT2D eigenvalue weighted by atomic mass is 9.94. The fourth-order valence-corrected chi connectivity index (χ4v) is 1.59. The van der Waals surface area contributed by atoms with Gasteiger partial charge < -0.3 is 9.47 Å². The Morgan fingerprint density at radius 3 is 2.79 bits per heavy atom. The van der Waals surface area contributed by atoms with E-state index >= 15 is 0 Å². The third-order valence-corrected chi connectivity index (χ3v) is 2.05. The minimum atomic E-state index is -0.716. The summed E-state index contributed by atoms with van der Waals surface area (Å²) < 4.78 is 10.3. The number of ether oxygens (including phenoxy) is 2. The minimum absolute atomic E-state index is 0.0549. The van der Waals surface area contributed by atoms with E-state index in [-0.39, 0.29) is 12.2 Å². The molecule has 1 aliphatic heterocycles. The van der Waals surface area contributed by atoms with Crippen LogP contribution < -0.4 is 0 Å². The minimum Gasteiger partial charge on any atom is -0.464 e. The number of hydrogen-bond acceptors (Lipinski definition) is 4. The second kappa shape index (κ2) is 4.09. The van der Waals surface area contributed by atoms with E-state index in [0.717, 1.165) is 0 Å². The Morgan fingerprint density at radius 2 is 2.29 bits per heavy atom. The van der Waals surface area contributed by atoms with Gasteiger partial charge >= 0.3 is 5.97 Å². The molecule has 0 radical (unpaired) electrons. The Morgan fingerprint density at radius 1 is 1.64 bits per heavy atom. The largest absolute Gasteiger partial charge is 0.464 e. The number of carbonyl (C=O) groups is 2. The molecule has 4 nitrogen and oxygen atoms in total. The van der Waals surface area contributed by atoms with Crippen LogP contribution in [-0.2, 0) is 19.1 Å². The lowest BCUT2D eigenvalue weighted by molar-refractivity contribution is -0.178. The third kappa shape index (κ3) is 2.80. The van der Waals surface area contributed by atoms with Gasteiger partial charge in [0.2, 0.25) is 0 Å². The quantitative estimate of drug-likeness (QED) is 0.626. The average Bonchev–Trinajstić information content (AvgIpc) is 2.00. The molecule has 1 fully saturated rings. The van der Waals surface area contributed by atoms with Crippen LogP contribution >= 0.6 is 0 Å². The van der Waals surface area contributed by atoms with Gasteiger partial charge in [0.15, 0.2) is 6.10 Å². The van der Waals surface area contributed by atoms with Crippen LogP contribution in [0.15, 0.2) is 0 Å². The van der Waals surface area contributed by atoms with Gasteiger partial charge in [-0.2, -0.15) is 0 Å². The number of Topliss-reactive ketones (excluding diaryl/α,β-unsaturated/α-hetero) is 1. The fraction of sp³-hybridized carbons (Fsp3) is 0.800. The van der Waals surface area contributed by atoms with Crippen molar-refractivity contribution in [3.63, 3.8) is 0 Å². The molecule has 1 saturated heterocycles. The molecule has 0 N–H and O–H groups in total. The smallest absolute Gasteiger partial charge is 0.335 e. The van der Waals surface area contributed by atoms with Crippen LogP contribution in [0.25, 0.3) is 0 Å². The summed E-state index contributed by atoms with van der Waals surface area (Å²) in [5.41, 5.74) is -0.549. The summed E-state index contributed by atoms with van der Waals surface area (Å²) in [6.45, 7) is 5.65. The molecular weight excluding hydrogens is 184 g/mol. The van der Waals surface area contributed by atoms with Crippen LogP contribution in [0, 0.1) is 0 Å². The zero-order valence-corrected chi connectivity index (χ0v) is 8.83. The molecule has 1 unspecified atom stereocenters. The van der Waals surface area contributed by atoms with Crippen molar-refractivity contribution in [2.45, 2.75) is 45.3 Å². The maximum Gasteiger partial charge on any atom is 0.335 e. The molecule has 0 bridgehead atoms. The SMILES string of the molecule is CCOC(=O)C1CC(=O)CC(C)(C)O1. The Kier molecular flexibility index (Phi) is 3.26. The van der Waals surface area contributed by atoms with Gasteiger partial charge in [-0.1, -0.05) is 0 Å². The van der Waals surface area contributed by atoms with Crippen molar-refractivity contribution in [1.82, 2.24) is 0 Å². The second-order valence-corrected chi connectivity index (χ2v) is 4.04. The van der Waals surface area contributed by atoms with Gasteiger partial charge in [-0.3, -0.25) is 4.79 Å². The van der Waals surface area contributed by atoms with Gasteiger partial charge in [0.25, 0.3) is 0 Å². The van der Waals surface area contributed by atoms with Crippen molar-refractivity contribution in [1.29, 1.82) is 0 Å². The van der Waals surface area contributed by atoms with E-state index in [0.29, 0.717) is 13.0 Å². The van der Waals surface area contributed by atoms with Gasteiger partial charge in [0, 0.05) is 12.8 Å². The van der Waals surface area contributed by atoms with Crippen LogP contribution in [0.1, 0.15) is 33.6 Å². The molecule has 0 aromatic heterocycles. The van der Waals surface area contributed by atoms with Crippen LogP contribution in [0.4, 0.5) is 0 Å². The molecule has 0 saturated carbocycles. The predicted octanol–water partition coefficient (Wildman–Crippen LogP) is 1.08. The summed E-state index contributed by atoms with van der Waals surface area (Å²) in [5.74, 6) is -0.382. The van der Waals surface area contributed by atoms with Crippen molar-refractivity contribution in [2.24, 2.45) is 0 Å². The first-order chi connectivity index (χ1) is 6.44. The highest BCUT2D eigenvalue weighted by Crippen LogP contribution is 2.26. The molecule has 0 aromatic carbocycles. The van der Waals surface area contributed by atoms with Crippen LogP contribution in [0.5, 0.6) is 0 Å². The number of hydrogen-bond donors (Lipinski definition) is 0. The molecule has 1 aliphatic rings. The standard InChI is InChI=1S/C10H16O4/c1-4-13-9(12)8-5-7(11)6-10(2,3)14-8/h8H,4-6H2,1-3H3. The average molecular weight is 200 g/mol. The Bertz CT molecular complexity index is 245. The molecule has 14 heavy (non-hydrogen) atoms. The normalized spacial score (nSPS) is 25.9. The highest BCUT2D eigenvalue weighted by atomic mass is 16.6. The molecule has 0 spiro atoms. The van der Waals surface area contributed by atoms with Gasteiger partial charge in [0.1, 0.15) is 5.78 Å². The first kappa shape index (κ1) is 11.2. The van der Waals surface area contributed by atoms with Crippen LogP contribution in [-0.4, -0.2) is 30.1 Å². The monoisotopic (exact) mass is 200 g/mol. The zero-order chi connectivity index (χ0) is 10.8. The van der Waals surface area contributed by atoms with E-state index in [9.17, 15) is 9.59 Å². The van der Waals surface area contributed by atoms with Crippen LogP contribution in [0.3, 0.4) is 0 Å². The van der Waals surface area contributed by atoms with Crippen molar-refractivity contribution in [3.05, 3.63) is 0 Å². The van der Waals surface area contributed by atoms with E-state index in [2.05, 4.69) is 0 Å². The maximum absolute atomic E-state index is 11.3. The van der Waals surface area contributed by atoms with Gasteiger partial charge in [-0.05, 0) is 20.8 Å². The number of esters is 1. The maximum atomic E-state index is 11.3. The molecule has 1 atom stereocenters. The Hall–Kier alpha value is -0.900. The summed E-state index contributed by atoms with van der Waals surface area (Å²) >= 11 is 0. The molecule has 0 amide bonds. The van der Waals surface area contributed by atoms with E-state index < -0.39 is 17.7 Å². The zero-order valence-electron chi connectivity index (χ0n) is 8.83. The van der Waals surface area contributed by atoms with Crippen LogP contribution in [0.2, 0.25) is 0 Å². The topological polar surface area (TPSA) is 52.6 Å². The molecule has 80 valence electrons. The number of rotatable bonds is 2. The van der Waals surface area contributed by atoms with Crippen molar-refractivity contribution >= 4 is 11.8 Å². The van der Waals surface area contributed by atoms with E-state index in [4.69, 9.17) is 9.47 Å². The van der Waals surface area contributed by atoms with E-state index in [1.54, 1.807) is 20.8 Å². The van der Waals surface area contributed by atoms with E-state index in [1.807, 2.05) is 0 Å². The second-order valence-electron chi connectivity index (χ2n) is 4.04. The Labute approximate surface area is 83.6 Å². The summed E-state index contributed by atoms with van der Waals surface area (Å²) in [4.78, 5) is 22.6. The molecular formula is C10H16O4. The summed E-state index contributed by atoms with van der Waals surface area (Å²) in [6, 6.07) is 0. The van der Waals surface area contributed by atoms with Gasteiger partial charge in [-0.25, -0.2) is 4.79 Å². The molecule has 4 heteroatoms. The van der Waals surface area contributed by atoms with Gasteiger partial charge in [-0.15, -0.1) is 0 Å². The Balaban J connectivity index is 2.62. The molecule has 0 aliphatic carbocycles. The third-order valence-electron chi connectivity index (χ3n) is 2.05.